The molecule has 3 N–H and O–H groups in total. The van der Waals surface area contributed by atoms with Gasteiger partial charge in [0.05, 0.1) is 0 Å². The third kappa shape index (κ3) is 4.83. The van der Waals surface area contributed by atoms with Crippen molar-refractivity contribution in [2.24, 2.45) is 0 Å². The summed E-state index contributed by atoms with van der Waals surface area (Å²) in [6.45, 7) is 0. The molecule has 0 atom stereocenters. The van der Waals surface area contributed by atoms with Gasteiger partial charge in [-0.05, 0) is 48.6 Å². The molecule has 7 heteroatoms. The maximum Gasteiger partial charge on any atom is 0.315 e. The first-order valence-electron chi connectivity index (χ1n) is 6.28. The molecule has 0 aliphatic carbocycles. The van der Waals surface area contributed by atoms with Crippen LogP contribution in [-0.4, -0.2) is 16.9 Å². The van der Waals surface area contributed by atoms with Gasteiger partial charge in [-0.25, -0.2) is 0 Å². The number of hydrogen-bond acceptors (Lipinski definition) is 3. The van der Waals surface area contributed by atoms with Gasteiger partial charge in [0.15, 0.2) is 5.11 Å². The molecule has 0 saturated heterocycles. The van der Waals surface area contributed by atoms with Crippen LogP contribution in [0.2, 0.25) is 5.02 Å². The Bertz CT molecular complexity index is 690. The van der Waals surface area contributed by atoms with Gasteiger partial charge in [0.2, 0.25) is 0 Å². The summed E-state index contributed by atoms with van der Waals surface area (Å²) < 4.78 is 0. The van der Waals surface area contributed by atoms with Crippen LogP contribution in [0.25, 0.3) is 0 Å². The number of amides is 2. The first-order chi connectivity index (χ1) is 10.5. The van der Waals surface area contributed by atoms with Gasteiger partial charge < -0.3 is 10.6 Å². The number of hydrogen-bond donors (Lipinski definition) is 3. The lowest BCUT2D eigenvalue weighted by Crippen LogP contribution is -2.41. The van der Waals surface area contributed by atoms with E-state index in [1.54, 1.807) is 54.6 Å². The molecule has 2 amide bonds. The summed E-state index contributed by atoms with van der Waals surface area (Å²) in [6.07, 6.45) is 0. The molecule has 2 aromatic rings. The van der Waals surface area contributed by atoms with Crippen LogP contribution in [0.1, 0.15) is 0 Å². The van der Waals surface area contributed by atoms with Crippen LogP contribution >= 0.6 is 23.8 Å². The van der Waals surface area contributed by atoms with Crippen LogP contribution in [0, 0.1) is 0 Å². The van der Waals surface area contributed by atoms with E-state index in [2.05, 4.69) is 16.0 Å². The number of nitrogens with one attached hydrogen (secondary N) is 3. The molecule has 2 aromatic carbocycles. The van der Waals surface area contributed by atoms with Gasteiger partial charge in [-0.3, -0.25) is 14.9 Å². The van der Waals surface area contributed by atoms with Crippen molar-refractivity contribution >= 4 is 52.1 Å². The highest BCUT2D eigenvalue weighted by Gasteiger charge is 2.15. The molecule has 0 aliphatic heterocycles. The fourth-order valence-corrected chi connectivity index (χ4v) is 1.90. The topological polar surface area (TPSA) is 70.2 Å². The van der Waals surface area contributed by atoms with Gasteiger partial charge >= 0.3 is 11.8 Å². The molecule has 2 rings (SSSR count). The summed E-state index contributed by atoms with van der Waals surface area (Å²) in [7, 11) is 0. The average molecular weight is 334 g/mol. The van der Waals surface area contributed by atoms with E-state index in [0.29, 0.717) is 16.4 Å². The monoisotopic (exact) mass is 333 g/mol. The zero-order valence-electron chi connectivity index (χ0n) is 11.3. The average Bonchev–Trinajstić information content (AvgIpc) is 2.50. The Kier molecular flexibility index (Phi) is 5.46. The normalized spacial score (nSPS) is 9.68. The highest BCUT2D eigenvalue weighted by molar-refractivity contribution is 7.80. The molecule has 0 saturated carbocycles. The number of carbonyl (C=O) groups excluding carboxylic acids is 2. The number of anilines is 2. The molecule has 0 bridgehead atoms. The maximum atomic E-state index is 11.7. The minimum atomic E-state index is -0.852. The molecule has 0 spiro atoms. The number of carbonyl (C=O) groups is 2. The summed E-state index contributed by atoms with van der Waals surface area (Å²) >= 11 is 10.7. The van der Waals surface area contributed by atoms with Crippen LogP contribution in [0.3, 0.4) is 0 Å². The van der Waals surface area contributed by atoms with E-state index in [4.69, 9.17) is 23.8 Å². The zero-order chi connectivity index (χ0) is 15.9. The lowest BCUT2D eigenvalue weighted by Gasteiger charge is -2.09. The molecular formula is C15H12ClN3O2S. The second-order valence-electron chi connectivity index (χ2n) is 4.24. The minimum Gasteiger partial charge on any atom is -0.332 e. The van der Waals surface area contributed by atoms with Crippen molar-refractivity contribution in [2.75, 3.05) is 10.6 Å². The lowest BCUT2D eigenvalue weighted by atomic mass is 10.3. The standard InChI is InChI=1S/C15H12ClN3O2S/c16-10-6-8-12(9-7-10)18-15(22)19-14(21)13(20)17-11-4-2-1-3-5-11/h1-9H,(H,17,20)(H2,18,19,21,22). The quantitative estimate of drug-likeness (QED) is 0.584. The first-order valence-corrected chi connectivity index (χ1v) is 7.07. The van der Waals surface area contributed by atoms with Gasteiger partial charge in [-0.15, -0.1) is 0 Å². The highest BCUT2D eigenvalue weighted by atomic mass is 35.5. The Morgan fingerprint density at radius 1 is 0.818 bits per heavy atom. The van der Waals surface area contributed by atoms with Crippen molar-refractivity contribution in [1.29, 1.82) is 0 Å². The van der Waals surface area contributed by atoms with E-state index in [0.717, 1.165) is 0 Å². The van der Waals surface area contributed by atoms with E-state index >= 15 is 0 Å². The highest BCUT2D eigenvalue weighted by Crippen LogP contribution is 2.13. The number of benzene rings is 2. The Labute approximate surface area is 137 Å². The smallest absolute Gasteiger partial charge is 0.315 e. The van der Waals surface area contributed by atoms with Crippen LogP contribution in [-0.2, 0) is 9.59 Å². The van der Waals surface area contributed by atoms with Crippen molar-refractivity contribution in [3.63, 3.8) is 0 Å². The third-order valence-electron chi connectivity index (χ3n) is 2.57. The van der Waals surface area contributed by atoms with Crippen LogP contribution in [0.4, 0.5) is 11.4 Å². The van der Waals surface area contributed by atoms with Crippen LogP contribution in [0.15, 0.2) is 54.6 Å². The van der Waals surface area contributed by atoms with E-state index in [1.807, 2.05) is 0 Å². The van der Waals surface area contributed by atoms with Crippen LogP contribution in [0.5, 0.6) is 0 Å². The number of para-hydroxylation sites is 1. The molecule has 0 aliphatic rings. The van der Waals surface area contributed by atoms with Crippen molar-refractivity contribution < 1.29 is 9.59 Å². The Hall–Kier alpha value is -2.44. The summed E-state index contributed by atoms with van der Waals surface area (Å²) in [4.78, 5) is 23.4. The van der Waals surface area contributed by atoms with E-state index < -0.39 is 11.8 Å². The first kappa shape index (κ1) is 15.9. The van der Waals surface area contributed by atoms with Crippen molar-refractivity contribution in [1.82, 2.24) is 5.32 Å². The van der Waals surface area contributed by atoms with Gasteiger partial charge in [-0.1, -0.05) is 29.8 Å². The Morgan fingerprint density at radius 3 is 2.05 bits per heavy atom. The number of halogens is 1. The molecule has 0 heterocycles. The largest absolute Gasteiger partial charge is 0.332 e. The fraction of sp³-hybridized carbons (Fsp3) is 0. The summed E-state index contributed by atoms with van der Waals surface area (Å²) in [5, 5.41) is 8.15. The van der Waals surface area contributed by atoms with Crippen molar-refractivity contribution in [3.8, 4) is 0 Å². The molecule has 0 fully saturated rings. The van der Waals surface area contributed by atoms with Gasteiger partial charge in [0, 0.05) is 16.4 Å². The van der Waals surface area contributed by atoms with Crippen molar-refractivity contribution in [3.05, 3.63) is 59.6 Å². The molecule has 112 valence electrons. The van der Waals surface area contributed by atoms with E-state index in [1.165, 1.54) is 0 Å². The second-order valence-corrected chi connectivity index (χ2v) is 5.08. The minimum absolute atomic E-state index is 0.0236. The molecule has 22 heavy (non-hydrogen) atoms. The third-order valence-corrected chi connectivity index (χ3v) is 3.02. The molecule has 0 unspecified atom stereocenters. The fourth-order valence-electron chi connectivity index (χ4n) is 1.56. The number of rotatable bonds is 2. The second kappa shape index (κ2) is 7.53. The summed E-state index contributed by atoms with van der Waals surface area (Å²) in [5.74, 6) is -1.65. The maximum absolute atomic E-state index is 11.7. The van der Waals surface area contributed by atoms with Gasteiger partial charge in [0.25, 0.3) is 0 Å². The van der Waals surface area contributed by atoms with E-state index in [-0.39, 0.29) is 5.11 Å². The molecule has 5 nitrogen and oxygen atoms in total. The van der Waals surface area contributed by atoms with E-state index in [9.17, 15) is 9.59 Å². The van der Waals surface area contributed by atoms with Gasteiger partial charge in [-0.2, -0.15) is 0 Å². The predicted molar refractivity (Wildman–Crippen MR) is 90.9 cm³/mol. The summed E-state index contributed by atoms with van der Waals surface area (Å²) in [5.41, 5.74) is 1.18. The summed E-state index contributed by atoms with van der Waals surface area (Å²) in [6, 6.07) is 15.4. The predicted octanol–water partition coefficient (Wildman–Crippen LogP) is 2.79. The van der Waals surface area contributed by atoms with Crippen molar-refractivity contribution in [2.45, 2.75) is 0 Å². The molecule has 0 radical (unpaired) electrons. The number of thiocarbonyl (C=S) groups is 1. The SMILES string of the molecule is O=C(NC(=S)Nc1ccc(Cl)cc1)C(=O)Nc1ccccc1. The van der Waals surface area contributed by atoms with Gasteiger partial charge in [0.1, 0.15) is 0 Å². The van der Waals surface area contributed by atoms with Crippen LogP contribution < -0.4 is 16.0 Å². The zero-order valence-corrected chi connectivity index (χ0v) is 12.9. The Balaban J connectivity index is 1.86. The Morgan fingerprint density at radius 2 is 1.41 bits per heavy atom. The lowest BCUT2D eigenvalue weighted by molar-refractivity contribution is -0.135. The molecule has 0 aromatic heterocycles. The molecular weight excluding hydrogens is 322 g/mol.